The number of alkyl halides is 24. The first-order chi connectivity index (χ1) is 19.7. The summed E-state index contributed by atoms with van der Waals surface area (Å²) in [7, 11) is -10.6. The topological polar surface area (TPSA) is 40.2 Å². The SMILES string of the molecule is CCN(CC)P(OC(C(F)(F)F)C(F)(F)F)(OC(C(F)(F)F)C(F)(F)F)(OC(C(F)(F)F)C(F)(F)F)OC(C(F)(F)F)C(F)(F)F. The van der Waals surface area contributed by atoms with E-state index in [-0.39, 0.29) is 13.8 Å². The molecule has 0 N–H and O–H groups in total. The molecule has 280 valence electrons. The first-order valence-corrected chi connectivity index (χ1v) is 12.6. The van der Waals surface area contributed by atoms with Crippen LogP contribution in [0.15, 0.2) is 0 Å². The van der Waals surface area contributed by atoms with E-state index in [2.05, 4.69) is 18.1 Å². The summed E-state index contributed by atoms with van der Waals surface area (Å²) in [6.07, 6.45) is -86.4. The van der Waals surface area contributed by atoms with Crippen LogP contribution in [0.3, 0.4) is 0 Å². The number of rotatable bonds is 11. The Morgan fingerprint density at radius 3 is 0.565 bits per heavy atom. The Morgan fingerprint density at radius 1 is 0.348 bits per heavy atom. The summed E-state index contributed by atoms with van der Waals surface area (Å²) in [5.74, 6) is 0. The number of hydrogen-bond acceptors (Lipinski definition) is 5. The zero-order valence-electron chi connectivity index (χ0n) is 21.3. The predicted octanol–water partition coefficient (Wildman–Crippen LogP) is 9.50. The van der Waals surface area contributed by atoms with Gasteiger partial charge >= 0.3 is 237 Å². The molecule has 46 heavy (non-hydrogen) atoms. The molecule has 0 aliphatic heterocycles. The molecule has 0 saturated heterocycles. The molecule has 0 unspecified atom stereocenters. The van der Waals surface area contributed by atoms with Crippen molar-refractivity contribution < 1.29 is 123 Å². The monoisotopic (exact) mass is 771 g/mol. The van der Waals surface area contributed by atoms with Crippen molar-refractivity contribution in [3.63, 3.8) is 0 Å². The molecule has 30 heteroatoms. The van der Waals surface area contributed by atoms with Crippen LogP contribution in [0.5, 0.6) is 0 Å². The van der Waals surface area contributed by atoms with E-state index in [1.165, 1.54) is 0 Å². The average molecular weight is 771 g/mol. The van der Waals surface area contributed by atoms with E-state index >= 15 is 0 Å². The molecule has 0 fully saturated rings. The van der Waals surface area contributed by atoms with Crippen molar-refractivity contribution in [1.82, 2.24) is 4.67 Å². The van der Waals surface area contributed by atoms with Crippen molar-refractivity contribution in [2.45, 2.75) is 87.7 Å². The number of hydrogen-bond donors (Lipinski definition) is 0. The molecule has 0 amide bonds. The molecule has 0 spiro atoms. The van der Waals surface area contributed by atoms with Crippen LogP contribution in [0.2, 0.25) is 0 Å². The molecule has 0 aliphatic rings. The Bertz CT molecular complexity index is 780. The molecule has 0 aliphatic carbocycles. The second kappa shape index (κ2) is 13.1. The van der Waals surface area contributed by atoms with Crippen LogP contribution < -0.4 is 0 Å². The van der Waals surface area contributed by atoms with Gasteiger partial charge in [0.15, 0.2) is 0 Å². The maximum atomic E-state index is 13.5. The van der Waals surface area contributed by atoms with Gasteiger partial charge in [-0.2, -0.15) is 0 Å². The molecule has 0 bridgehead atoms. The normalized spacial score (nSPS) is 16.7. The summed E-state index contributed by atoms with van der Waals surface area (Å²) in [5, 5.41) is 0. The quantitative estimate of drug-likeness (QED) is 0.155. The van der Waals surface area contributed by atoms with E-state index in [0.29, 0.717) is 0 Å². The molecule has 0 aromatic heterocycles. The van der Waals surface area contributed by atoms with Crippen molar-refractivity contribution in [3.8, 4) is 0 Å². The van der Waals surface area contributed by atoms with Gasteiger partial charge < -0.3 is 0 Å². The zero-order chi connectivity index (χ0) is 37.6. The third kappa shape index (κ3) is 10.8. The third-order valence-electron chi connectivity index (χ3n) is 4.70. The van der Waals surface area contributed by atoms with Gasteiger partial charge in [-0.3, -0.25) is 0 Å². The van der Waals surface area contributed by atoms with Crippen LogP contribution in [0, 0.1) is 0 Å². The molecule has 5 nitrogen and oxygen atoms in total. The molecular weight excluding hydrogens is 757 g/mol. The number of nitrogens with zero attached hydrogens (tertiary/aromatic N) is 1. The molecule has 0 rings (SSSR count). The summed E-state index contributed by atoms with van der Waals surface area (Å²) >= 11 is 0. The fourth-order valence-corrected chi connectivity index (χ4v) is 7.15. The van der Waals surface area contributed by atoms with E-state index in [4.69, 9.17) is 0 Å². The van der Waals surface area contributed by atoms with Gasteiger partial charge in [0.2, 0.25) is 0 Å². The summed E-state index contributed by atoms with van der Waals surface area (Å²) in [6.45, 7) is -4.68. The minimum atomic E-state index is -10.6. The molecule has 0 aromatic carbocycles. The molecular formula is C16H14F24NO4P. The van der Waals surface area contributed by atoms with E-state index in [9.17, 15) is 105 Å². The van der Waals surface area contributed by atoms with Crippen molar-refractivity contribution in [3.05, 3.63) is 0 Å². The fourth-order valence-electron chi connectivity index (χ4n) is 3.03. The third-order valence-corrected chi connectivity index (χ3v) is 8.44. The average Bonchev–Trinajstić information content (AvgIpc) is 2.73. The fraction of sp³-hybridized carbons (Fsp3) is 1.00. The van der Waals surface area contributed by atoms with Gasteiger partial charge in [0.25, 0.3) is 0 Å². The molecule has 0 radical (unpaired) electrons. The molecule has 0 saturated carbocycles. The molecule has 0 heterocycles. The second-order valence-corrected chi connectivity index (χ2v) is 11.1. The van der Waals surface area contributed by atoms with Gasteiger partial charge in [0.05, 0.1) is 0 Å². The number of halogens is 24. The van der Waals surface area contributed by atoms with Crippen molar-refractivity contribution >= 4 is 7.66 Å². The van der Waals surface area contributed by atoms with E-state index in [1.54, 1.807) is 0 Å². The van der Waals surface area contributed by atoms with E-state index < -0.39 is 99.2 Å². The van der Waals surface area contributed by atoms with Crippen molar-refractivity contribution in [2.24, 2.45) is 0 Å². The second-order valence-electron chi connectivity index (χ2n) is 8.19. The Morgan fingerprint density at radius 2 is 0.478 bits per heavy atom. The van der Waals surface area contributed by atoms with Gasteiger partial charge in [-0.1, -0.05) is 0 Å². The van der Waals surface area contributed by atoms with E-state index in [0.717, 1.165) is 0 Å². The Kier molecular flexibility index (Phi) is 12.7. The van der Waals surface area contributed by atoms with Crippen LogP contribution in [0.1, 0.15) is 13.8 Å². The molecule has 0 atom stereocenters. The van der Waals surface area contributed by atoms with Crippen LogP contribution in [-0.2, 0) is 18.1 Å². The first-order valence-electron chi connectivity index (χ1n) is 10.8. The first kappa shape index (κ1) is 44.5. The van der Waals surface area contributed by atoms with E-state index in [1.807, 2.05) is 0 Å². The Balaban J connectivity index is 9.14. The Hall–Kier alpha value is -1.45. The predicted molar refractivity (Wildman–Crippen MR) is 97.8 cm³/mol. The summed E-state index contributed by atoms with van der Waals surface area (Å²) < 4.78 is 333. The van der Waals surface area contributed by atoms with Gasteiger partial charge in [-0.25, -0.2) is 0 Å². The van der Waals surface area contributed by atoms with Crippen LogP contribution in [-0.4, -0.2) is 91.6 Å². The summed E-state index contributed by atoms with van der Waals surface area (Å²) in [6, 6.07) is 0. The Labute approximate surface area is 237 Å². The van der Waals surface area contributed by atoms with Gasteiger partial charge in [-0.15, -0.1) is 0 Å². The van der Waals surface area contributed by atoms with Crippen molar-refractivity contribution in [1.29, 1.82) is 0 Å². The van der Waals surface area contributed by atoms with Crippen LogP contribution in [0.25, 0.3) is 0 Å². The van der Waals surface area contributed by atoms with Gasteiger partial charge in [-0.05, 0) is 0 Å². The summed E-state index contributed by atoms with van der Waals surface area (Å²) in [4.78, 5) is 0. The standard InChI is InChI=1S/C16H14F24NO4P/c1-3-41(4-2)46(42-5(9(17,18)19)10(20,21)22,43-6(11(23,24)25)12(26,27)28,44-7(13(29,30)31)14(32,33)34)45-8(15(35,36)37)16(38,39)40/h5-8H,3-4H2,1-2H3. The molecule has 0 aromatic rings. The van der Waals surface area contributed by atoms with Crippen molar-refractivity contribution in [2.75, 3.05) is 13.1 Å². The maximum absolute atomic E-state index is 13.5. The summed E-state index contributed by atoms with van der Waals surface area (Å²) in [5.41, 5.74) is 0. The van der Waals surface area contributed by atoms with Gasteiger partial charge in [0.1, 0.15) is 0 Å². The van der Waals surface area contributed by atoms with Crippen LogP contribution >= 0.6 is 7.66 Å². The zero-order valence-corrected chi connectivity index (χ0v) is 22.2. The van der Waals surface area contributed by atoms with Gasteiger partial charge in [0, 0.05) is 0 Å². The minimum absolute atomic E-state index is 0.0525. The van der Waals surface area contributed by atoms with Crippen LogP contribution in [0.4, 0.5) is 105 Å².